The fourth-order valence-corrected chi connectivity index (χ4v) is 3.95. The molecule has 0 radical (unpaired) electrons. The van der Waals surface area contributed by atoms with Gasteiger partial charge in [0.25, 0.3) is 5.91 Å². The number of H-pyrrole nitrogens is 1. The largest absolute Gasteiger partial charge is 0.352 e. The van der Waals surface area contributed by atoms with Crippen LogP contribution in [-0.4, -0.2) is 47.0 Å². The van der Waals surface area contributed by atoms with Gasteiger partial charge in [0.2, 0.25) is 0 Å². The molecule has 3 aromatic rings. The van der Waals surface area contributed by atoms with Crippen molar-refractivity contribution in [2.75, 3.05) is 26.2 Å². The highest BCUT2D eigenvalue weighted by Gasteiger charge is 2.12. The second-order valence-electron chi connectivity index (χ2n) is 7.30. The van der Waals surface area contributed by atoms with Gasteiger partial charge >= 0.3 is 0 Å². The number of nitrogens with one attached hydrogen (secondary N) is 2. The molecule has 5 nitrogen and oxygen atoms in total. The lowest BCUT2D eigenvalue weighted by Gasteiger charge is -2.17. The molecule has 2 aromatic carbocycles. The van der Waals surface area contributed by atoms with Crippen LogP contribution in [0.3, 0.4) is 0 Å². The molecule has 2 N–H and O–H groups in total. The summed E-state index contributed by atoms with van der Waals surface area (Å²) in [6.07, 6.45) is 0.957. The lowest BCUT2D eigenvalue weighted by atomic mass is 10.1. The maximum absolute atomic E-state index is 12.4. The van der Waals surface area contributed by atoms with Crippen molar-refractivity contribution in [1.82, 2.24) is 20.2 Å². The van der Waals surface area contributed by atoms with Crippen LogP contribution in [0, 0.1) is 13.8 Å². The number of nitrogens with zero attached hydrogens (tertiary/aromatic N) is 2. The molecule has 154 valence electrons. The van der Waals surface area contributed by atoms with Crippen LogP contribution in [0.25, 0.3) is 22.4 Å². The van der Waals surface area contributed by atoms with Crippen molar-refractivity contribution >= 4 is 32.9 Å². The zero-order valence-electron chi connectivity index (χ0n) is 17.6. The minimum absolute atomic E-state index is 0.0314. The Hall–Kier alpha value is -2.18. The first-order chi connectivity index (χ1) is 13.9. The van der Waals surface area contributed by atoms with E-state index in [1.807, 2.05) is 30.3 Å². The molecule has 0 saturated heterocycles. The van der Waals surface area contributed by atoms with Crippen molar-refractivity contribution in [1.29, 1.82) is 0 Å². The summed E-state index contributed by atoms with van der Waals surface area (Å²) in [5.74, 6) is 0.780. The number of aromatic amines is 1. The summed E-state index contributed by atoms with van der Waals surface area (Å²) in [7, 11) is 0. The Morgan fingerprint density at radius 2 is 1.83 bits per heavy atom. The van der Waals surface area contributed by atoms with E-state index < -0.39 is 0 Å². The third-order valence-corrected chi connectivity index (χ3v) is 6.37. The number of halogens is 1. The molecule has 29 heavy (non-hydrogen) atoms. The monoisotopic (exact) mass is 456 g/mol. The van der Waals surface area contributed by atoms with Gasteiger partial charge in [-0.1, -0.05) is 41.9 Å². The van der Waals surface area contributed by atoms with Crippen molar-refractivity contribution < 1.29 is 4.79 Å². The van der Waals surface area contributed by atoms with Gasteiger partial charge in [-0.25, -0.2) is 4.98 Å². The Morgan fingerprint density at radius 1 is 1.14 bits per heavy atom. The molecule has 0 aliphatic rings. The van der Waals surface area contributed by atoms with Gasteiger partial charge < -0.3 is 15.2 Å². The molecule has 0 saturated carbocycles. The lowest BCUT2D eigenvalue weighted by molar-refractivity contribution is 0.0952. The second kappa shape index (κ2) is 9.55. The molecule has 1 amide bonds. The van der Waals surface area contributed by atoms with E-state index >= 15 is 0 Å². The first kappa shape index (κ1) is 21.5. The molecule has 6 heteroatoms. The molecule has 0 aliphatic heterocycles. The SMILES string of the molecule is CCN(CC)CCCNC(=O)c1ccc(-c2nc3cc(Br)c(C)c(C)c3[nH]2)cc1. The molecule has 0 aliphatic carbocycles. The number of aryl methyl sites for hydroxylation is 1. The summed E-state index contributed by atoms with van der Waals surface area (Å²) in [6, 6.07) is 9.64. The van der Waals surface area contributed by atoms with E-state index in [2.05, 4.69) is 58.8 Å². The zero-order valence-corrected chi connectivity index (χ0v) is 19.2. The molecular weight excluding hydrogens is 428 g/mol. The van der Waals surface area contributed by atoms with Crippen LogP contribution in [0.15, 0.2) is 34.8 Å². The van der Waals surface area contributed by atoms with Gasteiger partial charge in [0, 0.05) is 22.1 Å². The Bertz CT molecular complexity index is 990. The van der Waals surface area contributed by atoms with Gasteiger partial charge in [-0.2, -0.15) is 0 Å². The average molecular weight is 457 g/mol. The van der Waals surface area contributed by atoms with Crippen LogP contribution < -0.4 is 5.32 Å². The number of carbonyl (C=O) groups excluding carboxylic acids is 1. The molecule has 0 unspecified atom stereocenters. The molecule has 0 fully saturated rings. The molecular formula is C23H29BrN4O. The standard InChI is InChI=1S/C23H29BrN4O/c1-5-28(6-2)13-7-12-25-23(29)18-10-8-17(9-11-18)22-26-20-14-19(24)15(3)16(4)21(20)27-22/h8-11,14H,5-7,12-13H2,1-4H3,(H,25,29)(H,26,27). The van der Waals surface area contributed by atoms with E-state index in [1.165, 1.54) is 11.1 Å². The molecule has 0 spiro atoms. The molecule has 1 aromatic heterocycles. The van der Waals surface area contributed by atoms with Crippen LogP contribution in [0.1, 0.15) is 41.8 Å². The minimum Gasteiger partial charge on any atom is -0.352 e. The van der Waals surface area contributed by atoms with Gasteiger partial charge in [0.1, 0.15) is 5.82 Å². The highest BCUT2D eigenvalue weighted by molar-refractivity contribution is 9.10. The van der Waals surface area contributed by atoms with Crippen LogP contribution >= 0.6 is 15.9 Å². The average Bonchev–Trinajstić information content (AvgIpc) is 3.16. The Kier molecular flexibility index (Phi) is 7.09. The summed E-state index contributed by atoms with van der Waals surface area (Å²) < 4.78 is 1.06. The van der Waals surface area contributed by atoms with E-state index in [9.17, 15) is 4.79 Å². The molecule has 1 heterocycles. The predicted molar refractivity (Wildman–Crippen MR) is 123 cm³/mol. The fourth-order valence-electron chi connectivity index (χ4n) is 3.43. The van der Waals surface area contributed by atoms with Crippen molar-refractivity contribution in [3.8, 4) is 11.4 Å². The zero-order chi connectivity index (χ0) is 21.0. The molecule has 0 atom stereocenters. The van der Waals surface area contributed by atoms with Crippen molar-refractivity contribution in [2.24, 2.45) is 0 Å². The number of benzene rings is 2. The topological polar surface area (TPSA) is 61.0 Å². The maximum Gasteiger partial charge on any atom is 0.251 e. The van der Waals surface area contributed by atoms with Gasteiger partial charge in [-0.05, 0) is 69.2 Å². The van der Waals surface area contributed by atoms with E-state index in [0.717, 1.165) is 52.9 Å². The highest BCUT2D eigenvalue weighted by Crippen LogP contribution is 2.29. The number of amides is 1. The third kappa shape index (κ3) is 4.87. The second-order valence-corrected chi connectivity index (χ2v) is 8.16. The highest BCUT2D eigenvalue weighted by atomic mass is 79.9. The van der Waals surface area contributed by atoms with Gasteiger partial charge in [-0.15, -0.1) is 0 Å². The Morgan fingerprint density at radius 3 is 2.48 bits per heavy atom. The maximum atomic E-state index is 12.4. The van der Waals surface area contributed by atoms with Crippen LogP contribution in [-0.2, 0) is 0 Å². The van der Waals surface area contributed by atoms with Crippen LogP contribution in [0.2, 0.25) is 0 Å². The number of hydrogen-bond donors (Lipinski definition) is 2. The third-order valence-electron chi connectivity index (χ3n) is 5.54. The predicted octanol–water partition coefficient (Wildman–Crippen LogP) is 5.07. The van der Waals surface area contributed by atoms with Gasteiger partial charge in [0.05, 0.1) is 11.0 Å². The quantitative estimate of drug-likeness (QED) is 0.465. The van der Waals surface area contributed by atoms with E-state index in [1.54, 1.807) is 0 Å². The van der Waals surface area contributed by atoms with Gasteiger partial charge in [0.15, 0.2) is 0 Å². The number of aromatic nitrogens is 2. The van der Waals surface area contributed by atoms with E-state index in [-0.39, 0.29) is 5.91 Å². The number of fused-ring (bicyclic) bond motifs is 1. The Balaban J connectivity index is 1.66. The molecule has 0 bridgehead atoms. The summed E-state index contributed by atoms with van der Waals surface area (Å²) in [4.78, 5) is 22.9. The van der Waals surface area contributed by atoms with E-state index in [0.29, 0.717) is 12.1 Å². The van der Waals surface area contributed by atoms with Crippen LogP contribution in [0.5, 0.6) is 0 Å². The Labute approximate surface area is 181 Å². The number of rotatable bonds is 8. The summed E-state index contributed by atoms with van der Waals surface area (Å²) in [5, 5.41) is 3.01. The number of imidazole rings is 1. The lowest BCUT2D eigenvalue weighted by Crippen LogP contribution is -2.29. The minimum atomic E-state index is -0.0314. The van der Waals surface area contributed by atoms with Crippen LogP contribution in [0.4, 0.5) is 0 Å². The number of hydrogen-bond acceptors (Lipinski definition) is 3. The van der Waals surface area contributed by atoms with E-state index in [4.69, 9.17) is 4.98 Å². The van der Waals surface area contributed by atoms with Crippen molar-refractivity contribution in [2.45, 2.75) is 34.1 Å². The van der Waals surface area contributed by atoms with Crippen molar-refractivity contribution in [3.05, 3.63) is 51.5 Å². The summed E-state index contributed by atoms with van der Waals surface area (Å²) in [6.45, 7) is 12.3. The number of carbonyl (C=O) groups is 1. The smallest absolute Gasteiger partial charge is 0.251 e. The first-order valence-electron chi connectivity index (χ1n) is 10.2. The van der Waals surface area contributed by atoms with Gasteiger partial charge in [-0.3, -0.25) is 4.79 Å². The normalized spacial score (nSPS) is 11.4. The molecule has 3 rings (SSSR count). The summed E-state index contributed by atoms with van der Waals surface area (Å²) in [5.41, 5.74) is 6.02. The first-order valence-corrected chi connectivity index (χ1v) is 11.0. The summed E-state index contributed by atoms with van der Waals surface area (Å²) >= 11 is 3.60. The van der Waals surface area contributed by atoms with Crippen molar-refractivity contribution in [3.63, 3.8) is 0 Å². The fraction of sp³-hybridized carbons (Fsp3) is 0.391.